The van der Waals surface area contributed by atoms with Gasteiger partial charge in [0.05, 0.1) is 7.11 Å². The Kier molecular flexibility index (Phi) is 12.3. The van der Waals surface area contributed by atoms with Crippen molar-refractivity contribution < 1.29 is 28.6 Å². The van der Waals surface area contributed by atoms with E-state index in [0.717, 1.165) is 31.8 Å². The second kappa shape index (κ2) is 13.7. The van der Waals surface area contributed by atoms with Crippen LogP contribution in [0.3, 0.4) is 0 Å². The van der Waals surface area contributed by atoms with Gasteiger partial charge in [-0.05, 0) is 12.8 Å². The summed E-state index contributed by atoms with van der Waals surface area (Å²) < 4.78 is 13.9. The monoisotopic (exact) mass is 316 g/mol. The van der Waals surface area contributed by atoms with E-state index in [0.29, 0.717) is 13.1 Å². The fourth-order valence-electron chi connectivity index (χ4n) is 1.44. The van der Waals surface area contributed by atoms with Crippen LogP contribution >= 0.6 is 0 Å². The van der Waals surface area contributed by atoms with Crippen molar-refractivity contribution in [1.29, 1.82) is 0 Å². The van der Waals surface area contributed by atoms with Gasteiger partial charge < -0.3 is 24.8 Å². The number of carbonyl (C=O) groups is 3. The molecule has 0 fully saturated rings. The van der Waals surface area contributed by atoms with Crippen molar-refractivity contribution in [3.05, 3.63) is 12.7 Å². The Hall–Kier alpha value is -2.25. The summed E-state index contributed by atoms with van der Waals surface area (Å²) >= 11 is 0. The smallest absolute Gasteiger partial charge is 0.407 e. The maximum Gasteiger partial charge on any atom is 0.407 e. The number of hydrogen-bond acceptors (Lipinski definition) is 6. The highest BCUT2D eigenvalue weighted by atomic mass is 16.6. The molecule has 8 heteroatoms. The quantitative estimate of drug-likeness (QED) is 0.258. The molecule has 0 spiro atoms. The summed E-state index contributed by atoms with van der Waals surface area (Å²) in [7, 11) is 1.32. The number of nitrogens with one attached hydrogen (secondary N) is 2. The summed E-state index contributed by atoms with van der Waals surface area (Å²) in [5.74, 6) is -0.550. The van der Waals surface area contributed by atoms with E-state index in [9.17, 15) is 14.4 Å². The first kappa shape index (κ1) is 19.8. The SMILES string of the molecule is C=CC(=O)OCCOC(=O)NCCCCCCNC(=O)OC. The summed E-state index contributed by atoms with van der Waals surface area (Å²) in [6.45, 7) is 4.34. The average molecular weight is 316 g/mol. The third kappa shape index (κ3) is 12.8. The van der Waals surface area contributed by atoms with E-state index >= 15 is 0 Å². The summed E-state index contributed by atoms with van der Waals surface area (Å²) in [6, 6.07) is 0. The van der Waals surface area contributed by atoms with Crippen molar-refractivity contribution in [2.75, 3.05) is 33.4 Å². The highest BCUT2D eigenvalue weighted by molar-refractivity contribution is 5.81. The predicted molar refractivity (Wildman–Crippen MR) is 79.4 cm³/mol. The van der Waals surface area contributed by atoms with Crippen molar-refractivity contribution in [3.8, 4) is 0 Å². The molecule has 0 saturated heterocycles. The molecule has 0 aromatic heterocycles. The minimum Gasteiger partial charge on any atom is -0.459 e. The predicted octanol–water partition coefficient (Wildman–Crippen LogP) is 1.36. The standard InChI is InChI=1S/C14H24N2O6/c1-3-12(17)21-10-11-22-14(19)16-9-7-5-4-6-8-15-13(18)20-2/h3H,1,4-11H2,2H3,(H,15,18)(H,16,19). The molecule has 0 aliphatic carbocycles. The van der Waals surface area contributed by atoms with Crippen LogP contribution in [0.1, 0.15) is 25.7 Å². The molecule has 0 aromatic rings. The molecule has 0 saturated carbocycles. The van der Waals surface area contributed by atoms with E-state index in [1.807, 2.05) is 0 Å². The number of carbonyl (C=O) groups excluding carboxylic acids is 3. The van der Waals surface area contributed by atoms with Gasteiger partial charge in [0.15, 0.2) is 0 Å². The summed E-state index contributed by atoms with van der Waals surface area (Å²) in [5.41, 5.74) is 0. The van der Waals surface area contributed by atoms with Gasteiger partial charge in [-0.15, -0.1) is 0 Å². The fraction of sp³-hybridized carbons (Fsp3) is 0.643. The van der Waals surface area contributed by atoms with Gasteiger partial charge in [-0.1, -0.05) is 19.4 Å². The molecule has 0 unspecified atom stereocenters. The lowest BCUT2D eigenvalue weighted by molar-refractivity contribution is -0.138. The van der Waals surface area contributed by atoms with Crippen molar-refractivity contribution in [2.24, 2.45) is 0 Å². The van der Waals surface area contributed by atoms with Crippen molar-refractivity contribution in [2.45, 2.75) is 25.7 Å². The van der Waals surface area contributed by atoms with Crippen LogP contribution < -0.4 is 10.6 Å². The molecule has 0 aromatic carbocycles. The molecule has 0 aliphatic rings. The summed E-state index contributed by atoms with van der Waals surface area (Å²) in [5, 5.41) is 5.18. The zero-order valence-corrected chi connectivity index (χ0v) is 12.9. The molecule has 0 atom stereocenters. The number of esters is 1. The molecule has 0 rings (SSSR count). The van der Waals surface area contributed by atoms with E-state index in [2.05, 4.69) is 26.7 Å². The maximum absolute atomic E-state index is 11.2. The molecule has 2 amide bonds. The summed E-state index contributed by atoms with van der Waals surface area (Å²) in [6.07, 6.45) is 3.62. The number of alkyl carbamates (subject to hydrolysis) is 2. The zero-order valence-electron chi connectivity index (χ0n) is 12.9. The topological polar surface area (TPSA) is 103 Å². The fourth-order valence-corrected chi connectivity index (χ4v) is 1.44. The van der Waals surface area contributed by atoms with Crippen LogP contribution in [-0.4, -0.2) is 51.6 Å². The molecule has 0 heterocycles. The normalized spacial score (nSPS) is 9.50. The van der Waals surface area contributed by atoms with Crippen molar-refractivity contribution in [3.63, 3.8) is 0 Å². The number of hydrogen-bond donors (Lipinski definition) is 2. The average Bonchev–Trinajstić information content (AvgIpc) is 2.53. The van der Waals surface area contributed by atoms with E-state index in [1.54, 1.807) is 0 Å². The van der Waals surface area contributed by atoms with Crippen LogP contribution in [0.5, 0.6) is 0 Å². The van der Waals surface area contributed by atoms with Gasteiger partial charge in [0.1, 0.15) is 13.2 Å². The number of ether oxygens (including phenoxy) is 3. The molecule has 0 aliphatic heterocycles. The van der Waals surface area contributed by atoms with Gasteiger partial charge in [-0.25, -0.2) is 14.4 Å². The Balaban J connectivity index is 3.30. The second-order valence-corrected chi connectivity index (χ2v) is 4.27. The van der Waals surface area contributed by atoms with Crippen LogP contribution in [0.15, 0.2) is 12.7 Å². The van der Waals surface area contributed by atoms with Gasteiger partial charge >= 0.3 is 18.2 Å². The van der Waals surface area contributed by atoms with E-state index in [4.69, 9.17) is 4.74 Å². The lowest BCUT2D eigenvalue weighted by Crippen LogP contribution is -2.27. The lowest BCUT2D eigenvalue weighted by atomic mass is 10.2. The van der Waals surface area contributed by atoms with Crippen LogP contribution in [0, 0.1) is 0 Å². The highest BCUT2D eigenvalue weighted by Crippen LogP contribution is 1.98. The highest BCUT2D eigenvalue weighted by Gasteiger charge is 2.02. The zero-order chi connectivity index (χ0) is 16.6. The Bertz CT molecular complexity index is 359. The van der Waals surface area contributed by atoms with Crippen molar-refractivity contribution in [1.82, 2.24) is 10.6 Å². The minimum atomic E-state index is -0.550. The Morgan fingerprint density at radius 2 is 1.45 bits per heavy atom. The van der Waals surface area contributed by atoms with E-state index in [1.165, 1.54) is 7.11 Å². The number of methoxy groups -OCH3 is 1. The van der Waals surface area contributed by atoms with Crippen molar-refractivity contribution >= 4 is 18.2 Å². The van der Waals surface area contributed by atoms with Gasteiger partial charge in [0, 0.05) is 19.2 Å². The molecule has 8 nitrogen and oxygen atoms in total. The molecule has 22 heavy (non-hydrogen) atoms. The third-order valence-corrected chi connectivity index (χ3v) is 2.56. The number of rotatable bonds is 11. The van der Waals surface area contributed by atoms with Crippen LogP contribution in [0.2, 0.25) is 0 Å². The maximum atomic E-state index is 11.2. The molecule has 126 valence electrons. The number of amides is 2. The largest absolute Gasteiger partial charge is 0.459 e. The Morgan fingerprint density at radius 1 is 0.909 bits per heavy atom. The molecular formula is C14H24N2O6. The van der Waals surface area contributed by atoms with E-state index in [-0.39, 0.29) is 13.2 Å². The third-order valence-electron chi connectivity index (χ3n) is 2.56. The molecular weight excluding hydrogens is 292 g/mol. The first-order valence-electron chi connectivity index (χ1n) is 7.11. The molecule has 0 radical (unpaired) electrons. The van der Waals surface area contributed by atoms with Gasteiger partial charge in [0.25, 0.3) is 0 Å². The summed E-state index contributed by atoms with van der Waals surface area (Å²) in [4.78, 5) is 32.7. The second-order valence-electron chi connectivity index (χ2n) is 4.27. The lowest BCUT2D eigenvalue weighted by Gasteiger charge is -2.07. The van der Waals surface area contributed by atoms with Crippen LogP contribution in [0.4, 0.5) is 9.59 Å². The minimum absolute atomic E-state index is 0.00457. The first-order valence-corrected chi connectivity index (χ1v) is 7.11. The molecule has 0 bridgehead atoms. The number of unbranched alkanes of at least 4 members (excludes halogenated alkanes) is 3. The van der Waals surface area contributed by atoms with Crippen LogP contribution in [-0.2, 0) is 19.0 Å². The first-order chi connectivity index (χ1) is 10.6. The Morgan fingerprint density at radius 3 is 2.00 bits per heavy atom. The van der Waals surface area contributed by atoms with Gasteiger partial charge in [-0.3, -0.25) is 0 Å². The van der Waals surface area contributed by atoms with Gasteiger partial charge in [0.2, 0.25) is 0 Å². The van der Waals surface area contributed by atoms with Gasteiger partial charge in [-0.2, -0.15) is 0 Å². The molecule has 2 N–H and O–H groups in total. The van der Waals surface area contributed by atoms with Crippen LogP contribution in [0.25, 0.3) is 0 Å². The van der Waals surface area contributed by atoms with E-state index < -0.39 is 18.2 Å². The Labute approximate surface area is 130 Å².